The number of benzene rings is 1. The van der Waals surface area contributed by atoms with Crippen molar-refractivity contribution in [3.05, 3.63) is 93.7 Å². The first-order valence-electron chi connectivity index (χ1n) is 12.9. The second-order valence-electron chi connectivity index (χ2n) is 10.3. The third-order valence-corrected chi connectivity index (χ3v) is 8.64. The number of aromatic amines is 1. The van der Waals surface area contributed by atoms with Crippen molar-refractivity contribution in [3.63, 3.8) is 0 Å². The third-order valence-electron chi connectivity index (χ3n) is 7.06. The number of hydrogen-bond donors (Lipinski definition) is 4. The zero-order chi connectivity index (χ0) is 30.2. The molecule has 4 atom stereocenters. The molecule has 2 aromatic heterocycles. The number of β-lactam (4-membered cyclic amide) rings is 1. The molecule has 0 bridgehead atoms. The first-order chi connectivity index (χ1) is 20.0. The number of rotatable bonds is 8. The molecule has 2 aliphatic rings. The fourth-order valence-electron chi connectivity index (χ4n) is 4.96. The maximum atomic E-state index is 13.5. The van der Waals surface area contributed by atoms with Gasteiger partial charge in [0.1, 0.15) is 28.8 Å². The number of aromatic hydroxyl groups is 1. The number of carbonyl (C=O) groups excluding carboxylic acids is 4. The molecule has 3 aromatic rings. The van der Waals surface area contributed by atoms with E-state index in [0.717, 1.165) is 5.56 Å². The predicted molar refractivity (Wildman–Crippen MR) is 152 cm³/mol. The number of carbonyl (C=O) groups is 4. The summed E-state index contributed by atoms with van der Waals surface area (Å²) in [5, 5.41) is 25.9. The Balaban J connectivity index is 0.00000423. The van der Waals surface area contributed by atoms with Crippen LogP contribution in [0.5, 0.6) is 5.75 Å². The number of H-pyrrole nitrogens is 1. The number of fused-ring (bicyclic) bond motifs is 1. The van der Waals surface area contributed by atoms with Gasteiger partial charge in [-0.05, 0) is 67.4 Å². The standard InChI is InChI=1S/C29H27N5O7S.Na/c1-29(2)22(28(40)41)34-26(39)21(27(34)42-29)33-25(38)20(16-4-8-18(35)9-5-16)32-24(37)19-10-7-17(31-23(19)36)6-3-15-11-13-30-14-12-15;/h3-14,20-22,27,35H,1-2H3,(H,31,36)(H,32,37)(H,33,38)(H,40,41);/q;+1/p-1/b6-3+;/t20-,21+,22-,27+;/m0./s1. The molecule has 3 amide bonds. The molecule has 4 heterocycles. The fourth-order valence-corrected chi connectivity index (χ4v) is 6.59. The Morgan fingerprint density at radius 1 is 1.07 bits per heavy atom. The zero-order valence-electron chi connectivity index (χ0n) is 23.4. The molecule has 2 fully saturated rings. The molecule has 216 valence electrons. The summed E-state index contributed by atoms with van der Waals surface area (Å²) in [6.45, 7) is 3.36. The van der Waals surface area contributed by atoms with Gasteiger partial charge in [-0.3, -0.25) is 24.2 Å². The van der Waals surface area contributed by atoms with Crippen LogP contribution < -0.4 is 50.9 Å². The molecule has 0 spiro atoms. The predicted octanol–water partition coefficient (Wildman–Crippen LogP) is -2.58. The number of phenols is 1. The van der Waals surface area contributed by atoms with Crippen LogP contribution >= 0.6 is 11.8 Å². The number of aliphatic carboxylic acids is 1. The van der Waals surface area contributed by atoms with Crippen LogP contribution in [-0.4, -0.2) is 65.9 Å². The molecule has 12 nitrogen and oxygen atoms in total. The Morgan fingerprint density at radius 2 is 1.74 bits per heavy atom. The number of nitrogens with one attached hydrogen (secondary N) is 3. The van der Waals surface area contributed by atoms with Crippen LogP contribution in [0.25, 0.3) is 12.2 Å². The summed E-state index contributed by atoms with van der Waals surface area (Å²) in [7, 11) is 0. The van der Waals surface area contributed by atoms with E-state index in [1.165, 1.54) is 53.1 Å². The maximum absolute atomic E-state index is 13.5. The number of carboxylic acids is 1. The molecular formula is C29H26N5NaO7S. The summed E-state index contributed by atoms with van der Waals surface area (Å²) < 4.78 is -0.843. The van der Waals surface area contributed by atoms with Crippen LogP contribution in [-0.2, 0) is 14.4 Å². The van der Waals surface area contributed by atoms with Crippen molar-refractivity contribution in [3.8, 4) is 5.75 Å². The third kappa shape index (κ3) is 6.54. The number of hydrogen-bond acceptors (Lipinski definition) is 9. The van der Waals surface area contributed by atoms with Crippen molar-refractivity contribution in [2.24, 2.45) is 0 Å². The van der Waals surface area contributed by atoms with Crippen LogP contribution in [0.1, 0.15) is 47.1 Å². The Hall–Kier alpha value is -3.91. The summed E-state index contributed by atoms with van der Waals surface area (Å²) in [4.78, 5) is 71.8. The van der Waals surface area contributed by atoms with E-state index < -0.39 is 57.5 Å². The largest absolute Gasteiger partial charge is 1.00 e. The van der Waals surface area contributed by atoms with Crippen LogP contribution in [0.15, 0.2) is 65.7 Å². The van der Waals surface area contributed by atoms with Crippen molar-refractivity contribution < 1.29 is 58.9 Å². The SMILES string of the molecule is CC1(C)S[C@@H]2[C@H](NC(=O)[C@@H](NC(=O)c3ccc(/C=C/c4ccncc4)[nH]c3=O)c3ccc(O)cc3)C(=O)N2[C@H]1C(=O)[O-].[Na+]. The normalized spacial score (nSPS) is 20.8. The van der Waals surface area contributed by atoms with Crippen molar-refractivity contribution in [2.75, 3.05) is 0 Å². The van der Waals surface area contributed by atoms with Gasteiger partial charge in [0.15, 0.2) is 0 Å². The molecule has 0 radical (unpaired) electrons. The molecule has 1 aromatic carbocycles. The van der Waals surface area contributed by atoms with E-state index in [1.807, 2.05) is 0 Å². The van der Waals surface area contributed by atoms with Crippen LogP contribution in [0.3, 0.4) is 0 Å². The smallest absolute Gasteiger partial charge is 0.548 e. The summed E-state index contributed by atoms with van der Waals surface area (Å²) in [6, 6.07) is 8.41. The average Bonchev–Trinajstić information content (AvgIpc) is 3.22. The Labute approximate surface area is 272 Å². The average molecular weight is 612 g/mol. The van der Waals surface area contributed by atoms with Gasteiger partial charge in [0, 0.05) is 22.8 Å². The minimum absolute atomic E-state index is 0. The van der Waals surface area contributed by atoms with Gasteiger partial charge in [-0.15, -0.1) is 11.8 Å². The number of aromatic nitrogens is 2. The molecule has 0 unspecified atom stereocenters. The molecule has 43 heavy (non-hydrogen) atoms. The van der Waals surface area contributed by atoms with Crippen molar-refractivity contribution in [1.29, 1.82) is 0 Å². The number of phenolic OH excluding ortho intramolecular Hbond substituents is 1. The second kappa shape index (κ2) is 12.8. The maximum Gasteiger partial charge on any atom is 1.00 e. The number of amides is 3. The van der Waals surface area contributed by atoms with Gasteiger partial charge < -0.3 is 35.5 Å². The van der Waals surface area contributed by atoms with E-state index in [9.17, 15) is 34.2 Å². The molecule has 2 aliphatic heterocycles. The molecule has 14 heteroatoms. The first-order valence-corrected chi connectivity index (χ1v) is 13.8. The molecule has 0 saturated carbocycles. The summed E-state index contributed by atoms with van der Waals surface area (Å²) in [6.07, 6.45) is 6.69. The van der Waals surface area contributed by atoms with E-state index in [2.05, 4.69) is 20.6 Å². The number of thioether (sulfide) groups is 1. The van der Waals surface area contributed by atoms with E-state index in [4.69, 9.17) is 0 Å². The number of carboxylic acid groups (broad SMARTS) is 1. The Bertz CT molecular complexity index is 1640. The van der Waals surface area contributed by atoms with Crippen LogP contribution in [0, 0.1) is 0 Å². The van der Waals surface area contributed by atoms with Gasteiger partial charge in [0.05, 0.1) is 12.0 Å². The number of nitrogens with zero attached hydrogens (tertiary/aromatic N) is 2. The molecule has 5 rings (SSSR count). The molecule has 4 N–H and O–H groups in total. The van der Waals surface area contributed by atoms with E-state index in [0.29, 0.717) is 5.69 Å². The summed E-state index contributed by atoms with van der Waals surface area (Å²) >= 11 is 1.23. The molecule has 0 aliphatic carbocycles. The Kier molecular flexibility index (Phi) is 9.50. The van der Waals surface area contributed by atoms with Crippen LogP contribution in [0.4, 0.5) is 0 Å². The van der Waals surface area contributed by atoms with Gasteiger partial charge in [-0.25, -0.2) is 0 Å². The van der Waals surface area contributed by atoms with Gasteiger partial charge in [-0.2, -0.15) is 0 Å². The summed E-state index contributed by atoms with van der Waals surface area (Å²) in [5.41, 5.74) is 0.655. The van der Waals surface area contributed by atoms with Crippen molar-refractivity contribution >= 4 is 47.6 Å². The van der Waals surface area contributed by atoms with Crippen LogP contribution in [0.2, 0.25) is 0 Å². The summed E-state index contributed by atoms with van der Waals surface area (Å²) in [5.74, 6) is -3.63. The number of pyridine rings is 2. The van der Waals surface area contributed by atoms with Gasteiger partial charge in [0.25, 0.3) is 11.5 Å². The Morgan fingerprint density at radius 3 is 2.37 bits per heavy atom. The minimum Gasteiger partial charge on any atom is -0.548 e. The minimum atomic E-state index is -1.38. The second-order valence-corrected chi connectivity index (χ2v) is 12.1. The van der Waals surface area contributed by atoms with Crippen molar-refractivity contribution in [1.82, 2.24) is 25.5 Å². The molecule has 2 saturated heterocycles. The van der Waals surface area contributed by atoms with Gasteiger partial charge >= 0.3 is 29.6 Å². The first kappa shape index (κ1) is 32.0. The quantitative estimate of drug-likeness (QED) is 0.157. The zero-order valence-corrected chi connectivity index (χ0v) is 26.3. The monoisotopic (exact) mass is 611 g/mol. The van der Waals surface area contributed by atoms with E-state index in [1.54, 1.807) is 50.5 Å². The topological polar surface area (TPSA) is 185 Å². The van der Waals surface area contributed by atoms with Crippen molar-refractivity contribution in [2.45, 2.75) is 42.1 Å². The fraction of sp³-hybridized carbons (Fsp3) is 0.241. The van der Waals surface area contributed by atoms with Gasteiger partial charge in [0.2, 0.25) is 11.8 Å². The molecular weight excluding hydrogens is 585 g/mol. The van der Waals surface area contributed by atoms with E-state index >= 15 is 0 Å². The van der Waals surface area contributed by atoms with E-state index in [-0.39, 0.29) is 46.4 Å². The van der Waals surface area contributed by atoms with Gasteiger partial charge in [-0.1, -0.05) is 18.2 Å².